The highest BCUT2D eigenvalue weighted by molar-refractivity contribution is 5.92. The van der Waals surface area contributed by atoms with E-state index in [0.29, 0.717) is 17.2 Å². The second kappa shape index (κ2) is 9.37. The number of nitrogens with zero attached hydrogens (tertiary/aromatic N) is 1. The number of carbonyl (C=O) groups excluding carboxylic acids is 2. The summed E-state index contributed by atoms with van der Waals surface area (Å²) < 4.78 is 5.47. The number of carbonyl (C=O) groups is 2. The van der Waals surface area contributed by atoms with Gasteiger partial charge in [0.15, 0.2) is 6.61 Å². The van der Waals surface area contributed by atoms with Crippen molar-refractivity contribution in [2.45, 2.75) is 12.8 Å². The van der Waals surface area contributed by atoms with Crippen molar-refractivity contribution < 1.29 is 14.3 Å². The van der Waals surface area contributed by atoms with Gasteiger partial charge in [0.2, 0.25) is 5.91 Å². The smallest absolute Gasteiger partial charge is 0.260 e. The third kappa shape index (κ3) is 5.73. The third-order valence-electron chi connectivity index (χ3n) is 3.96. The molecular formula is C16H24ClN3O3. The molecule has 1 heterocycles. The van der Waals surface area contributed by atoms with Crippen molar-refractivity contribution >= 4 is 24.2 Å². The third-order valence-corrected chi connectivity index (χ3v) is 3.96. The Balaban J connectivity index is 0.00000264. The van der Waals surface area contributed by atoms with Crippen LogP contribution in [0.2, 0.25) is 0 Å². The van der Waals surface area contributed by atoms with Gasteiger partial charge in [-0.3, -0.25) is 9.59 Å². The maximum absolute atomic E-state index is 12.1. The number of hydrogen-bond acceptors (Lipinski definition) is 4. The number of likely N-dealkylation sites (tertiary alicyclic amines) is 1. The molecule has 0 spiro atoms. The fraction of sp³-hybridized carbons (Fsp3) is 0.500. The van der Waals surface area contributed by atoms with Crippen LogP contribution in [-0.2, 0) is 4.79 Å². The normalized spacial score (nSPS) is 14.9. The fourth-order valence-corrected chi connectivity index (χ4v) is 2.63. The first-order chi connectivity index (χ1) is 10.6. The number of nitrogens with two attached hydrogens (primary N) is 1. The standard InChI is InChI=1S/C16H23N3O3.ClH/c1-18-10-12-6-8-19(9-7-12)15(20)11-22-14-4-2-13(3-5-14)16(17)21;/h2-5,12,18H,6-11H2,1H3,(H2,17,21);1H. The van der Waals surface area contributed by atoms with Crippen molar-refractivity contribution in [3.63, 3.8) is 0 Å². The van der Waals surface area contributed by atoms with Crippen molar-refractivity contribution in [1.82, 2.24) is 10.2 Å². The van der Waals surface area contributed by atoms with E-state index in [1.54, 1.807) is 24.3 Å². The molecule has 1 saturated heterocycles. The minimum Gasteiger partial charge on any atom is -0.484 e. The Labute approximate surface area is 142 Å². The lowest BCUT2D eigenvalue weighted by molar-refractivity contribution is -0.134. The van der Waals surface area contributed by atoms with Crippen LogP contribution in [0.15, 0.2) is 24.3 Å². The van der Waals surface area contributed by atoms with E-state index in [2.05, 4.69) is 5.32 Å². The molecule has 6 nitrogen and oxygen atoms in total. The van der Waals surface area contributed by atoms with Gasteiger partial charge in [0, 0.05) is 18.7 Å². The zero-order valence-electron chi connectivity index (χ0n) is 13.3. The van der Waals surface area contributed by atoms with Crippen LogP contribution in [-0.4, -0.2) is 50.0 Å². The van der Waals surface area contributed by atoms with Crippen LogP contribution >= 0.6 is 12.4 Å². The number of ether oxygens (including phenoxy) is 1. The zero-order valence-corrected chi connectivity index (χ0v) is 14.1. The first-order valence-corrected chi connectivity index (χ1v) is 7.55. The van der Waals surface area contributed by atoms with Crippen molar-refractivity contribution in [2.24, 2.45) is 11.7 Å². The molecule has 0 aliphatic carbocycles. The molecule has 1 aliphatic heterocycles. The molecule has 23 heavy (non-hydrogen) atoms. The summed E-state index contributed by atoms with van der Waals surface area (Å²) in [5, 5.41) is 3.18. The highest BCUT2D eigenvalue weighted by Gasteiger charge is 2.22. The van der Waals surface area contributed by atoms with E-state index in [1.807, 2.05) is 11.9 Å². The van der Waals surface area contributed by atoms with Gasteiger partial charge in [-0.15, -0.1) is 12.4 Å². The lowest BCUT2D eigenvalue weighted by atomic mass is 9.97. The quantitative estimate of drug-likeness (QED) is 0.809. The molecule has 0 saturated carbocycles. The van der Waals surface area contributed by atoms with Gasteiger partial charge in [-0.25, -0.2) is 0 Å². The van der Waals surface area contributed by atoms with Gasteiger partial charge >= 0.3 is 0 Å². The van der Waals surface area contributed by atoms with Gasteiger partial charge in [0.05, 0.1) is 0 Å². The Morgan fingerprint density at radius 2 is 1.87 bits per heavy atom. The van der Waals surface area contributed by atoms with E-state index >= 15 is 0 Å². The summed E-state index contributed by atoms with van der Waals surface area (Å²) in [6.45, 7) is 2.60. The SMILES string of the molecule is CNCC1CCN(C(=O)COc2ccc(C(N)=O)cc2)CC1.Cl. The number of nitrogens with one attached hydrogen (secondary N) is 1. The van der Waals surface area contributed by atoms with E-state index in [9.17, 15) is 9.59 Å². The monoisotopic (exact) mass is 341 g/mol. The van der Waals surface area contributed by atoms with Crippen molar-refractivity contribution in [2.75, 3.05) is 33.3 Å². The summed E-state index contributed by atoms with van der Waals surface area (Å²) in [6, 6.07) is 6.47. The fourth-order valence-electron chi connectivity index (χ4n) is 2.63. The summed E-state index contributed by atoms with van der Waals surface area (Å²) >= 11 is 0. The van der Waals surface area contributed by atoms with Gasteiger partial charge in [0.1, 0.15) is 5.75 Å². The summed E-state index contributed by atoms with van der Waals surface area (Å²) in [6.07, 6.45) is 2.06. The van der Waals surface area contributed by atoms with Gasteiger partial charge in [-0.1, -0.05) is 0 Å². The summed E-state index contributed by atoms with van der Waals surface area (Å²) in [5.41, 5.74) is 5.59. The highest BCUT2D eigenvalue weighted by atomic mass is 35.5. The molecule has 0 aromatic heterocycles. The molecule has 128 valence electrons. The molecule has 0 unspecified atom stereocenters. The number of amides is 2. The molecule has 0 radical (unpaired) electrons. The molecule has 1 aliphatic rings. The molecule has 2 rings (SSSR count). The number of halogens is 1. The topological polar surface area (TPSA) is 84.7 Å². The second-order valence-electron chi connectivity index (χ2n) is 5.56. The molecule has 0 bridgehead atoms. The van der Waals surface area contributed by atoms with Gasteiger partial charge in [-0.2, -0.15) is 0 Å². The molecule has 1 fully saturated rings. The number of primary amides is 1. The Hall–Kier alpha value is -1.79. The van der Waals surface area contributed by atoms with Crippen molar-refractivity contribution in [3.8, 4) is 5.75 Å². The van der Waals surface area contributed by atoms with E-state index < -0.39 is 5.91 Å². The molecule has 7 heteroatoms. The predicted octanol–water partition coefficient (Wildman–Crippen LogP) is 1.04. The molecule has 3 N–H and O–H groups in total. The largest absolute Gasteiger partial charge is 0.484 e. The number of piperidine rings is 1. The number of benzene rings is 1. The Morgan fingerprint density at radius 3 is 2.39 bits per heavy atom. The molecule has 0 atom stereocenters. The van der Waals surface area contributed by atoms with Crippen LogP contribution in [0.4, 0.5) is 0 Å². The molecule has 2 amide bonds. The Kier molecular flexibility index (Phi) is 7.85. The average molecular weight is 342 g/mol. The van der Waals surface area contributed by atoms with Crippen molar-refractivity contribution in [1.29, 1.82) is 0 Å². The molecule has 1 aromatic carbocycles. The second-order valence-corrected chi connectivity index (χ2v) is 5.56. The maximum Gasteiger partial charge on any atom is 0.260 e. The first kappa shape index (κ1) is 19.3. The summed E-state index contributed by atoms with van der Waals surface area (Å²) in [4.78, 5) is 24.9. The molecular weight excluding hydrogens is 318 g/mol. The van der Waals surface area contributed by atoms with Crippen LogP contribution in [0.5, 0.6) is 5.75 Å². The Morgan fingerprint density at radius 1 is 1.26 bits per heavy atom. The predicted molar refractivity (Wildman–Crippen MR) is 90.9 cm³/mol. The lowest BCUT2D eigenvalue weighted by Crippen LogP contribution is -2.42. The Bertz CT molecular complexity index is 514. The number of hydrogen-bond donors (Lipinski definition) is 2. The van der Waals surface area contributed by atoms with Crippen molar-refractivity contribution in [3.05, 3.63) is 29.8 Å². The number of rotatable bonds is 6. The van der Waals surface area contributed by atoms with E-state index in [-0.39, 0.29) is 24.9 Å². The van der Waals surface area contributed by atoms with Crippen LogP contribution in [0.1, 0.15) is 23.2 Å². The van der Waals surface area contributed by atoms with Crippen LogP contribution in [0.25, 0.3) is 0 Å². The van der Waals surface area contributed by atoms with Gasteiger partial charge in [0.25, 0.3) is 5.91 Å². The van der Waals surface area contributed by atoms with Crippen LogP contribution < -0.4 is 15.8 Å². The van der Waals surface area contributed by atoms with E-state index in [0.717, 1.165) is 32.5 Å². The average Bonchev–Trinajstić information content (AvgIpc) is 2.54. The minimum absolute atomic E-state index is 0. The summed E-state index contributed by atoms with van der Waals surface area (Å²) in [7, 11) is 1.95. The molecule has 1 aromatic rings. The van der Waals surface area contributed by atoms with E-state index in [4.69, 9.17) is 10.5 Å². The zero-order chi connectivity index (χ0) is 15.9. The van der Waals surface area contributed by atoms with Gasteiger partial charge in [-0.05, 0) is 56.6 Å². The lowest BCUT2D eigenvalue weighted by Gasteiger charge is -2.31. The minimum atomic E-state index is -0.480. The maximum atomic E-state index is 12.1. The van der Waals surface area contributed by atoms with Crippen LogP contribution in [0, 0.1) is 5.92 Å². The highest BCUT2D eigenvalue weighted by Crippen LogP contribution is 2.17. The van der Waals surface area contributed by atoms with Gasteiger partial charge < -0.3 is 20.7 Å². The summed E-state index contributed by atoms with van der Waals surface area (Å²) in [5.74, 6) is 0.730. The first-order valence-electron chi connectivity index (χ1n) is 7.55. The van der Waals surface area contributed by atoms with E-state index in [1.165, 1.54) is 0 Å². The van der Waals surface area contributed by atoms with Crippen LogP contribution in [0.3, 0.4) is 0 Å².